The number of hydrogen-bond acceptors (Lipinski definition) is 1. The van der Waals surface area contributed by atoms with Crippen LogP contribution in [0.1, 0.15) is 48.6 Å². The third-order valence-corrected chi connectivity index (χ3v) is 12.2. The summed E-state index contributed by atoms with van der Waals surface area (Å²) < 4.78 is 0. The number of anilines is 3. The standard InChI is InChI=1S/C53H41N/c1-52(2)47-23-13-10-21-43(47)45-33-31-41(35-49(45)52)54(40-29-26-37(27-30-40)36-16-6-4-7-17-36)51-25-15-12-20-42(51)38-28-32-46-44-22-11-14-24-48(44)53(3,50(46)34-38)39-18-8-5-9-19-39/h4-35H,1-3H3. The summed E-state index contributed by atoms with van der Waals surface area (Å²) in [6.07, 6.45) is 0. The minimum Gasteiger partial charge on any atom is -0.310 e. The van der Waals surface area contributed by atoms with Crippen LogP contribution in [-0.4, -0.2) is 0 Å². The van der Waals surface area contributed by atoms with Gasteiger partial charge in [-0.25, -0.2) is 0 Å². The zero-order valence-electron chi connectivity index (χ0n) is 30.9. The van der Waals surface area contributed by atoms with Crippen molar-refractivity contribution in [2.24, 2.45) is 0 Å². The lowest BCUT2D eigenvalue weighted by Crippen LogP contribution is -2.22. The van der Waals surface area contributed by atoms with Crippen LogP contribution >= 0.6 is 0 Å². The molecule has 10 rings (SSSR count). The monoisotopic (exact) mass is 691 g/mol. The van der Waals surface area contributed by atoms with Gasteiger partial charge >= 0.3 is 0 Å². The molecule has 0 aliphatic heterocycles. The third kappa shape index (κ3) is 4.85. The molecule has 0 fully saturated rings. The van der Waals surface area contributed by atoms with Crippen LogP contribution in [0.4, 0.5) is 17.1 Å². The quantitative estimate of drug-likeness (QED) is 0.168. The molecule has 0 radical (unpaired) electrons. The van der Waals surface area contributed by atoms with E-state index in [4.69, 9.17) is 0 Å². The maximum atomic E-state index is 2.46. The Morgan fingerprint density at radius 1 is 0.333 bits per heavy atom. The van der Waals surface area contributed by atoms with Crippen LogP contribution < -0.4 is 4.90 Å². The molecular formula is C53H41N. The first-order chi connectivity index (χ1) is 26.4. The molecule has 258 valence electrons. The highest BCUT2D eigenvalue weighted by atomic mass is 15.1. The van der Waals surface area contributed by atoms with Gasteiger partial charge in [0.25, 0.3) is 0 Å². The van der Waals surface area contributed by atoms with Crippen molar-refractivity contribution in [3.8, 4) is 44.5 Å². The van der Waals surface area contributed by atoms with E-state index in [1.54, 1.807) is 0 Å². The number of benzene rings is 8. The summed E-state index contributed by atoms with van der Waals surface area (Å²) in [6.45, 7) is 7.12. The van der Waals surface area contributed by atoms with Crippen molar-refractivity contribution in [2.75, 3.05) is 4.90 Å². The van der Waals surface area contributed by atoms with E-state index in [-0.39, 0.29) is 10.8 Å². The van der Waals surface area contributed by atoms with E-state index in [1.165, 1.54) is 72.3 Å². The molecule has 0 spiro atoms. The Morgan fingerprint density at radius 3 is 1.57 bits per heavy atom. The van der Waals surface area contributed by atoms with E-state index in [0.717, 1.165) is 17.1 Å². The molecule has 0 aromatic heterocycles. The summed E-state index contributed by atoms with van der Waals surface area (Å²) in [7, 11) is 0. The van der Waals surface area contributed by atoms with Crippen molar-refractivity contribution in [1.29, 1.82) is 0 Å². The topological polar surface area (TPSA) is 3.24 Å². The Morgan fingerprint density at radius 2 is 0.833 bits per heavy atom. The number of para-hydroxylation sites is 1. The van der Waals surface area contributed by atoms with Crippen LogP contribution in [0.5, 0.6) is 0 Å². The molecular weight excluding hydrogens is 651 g/mol. The summed E-state index contributed by atoms with van der Waals surface area (Å²) >= 11 is 0. The first-order valence-electron chi connectivity index (χ1n) is 19.0. The molecule has 54 heavy (non-hydrogen) atoms. The second kappa shape index (κ2) is 12.3. The molecule has 0 heterocycles. The van der Waals surface area contributed by atoms with Gasteiger partial charge in [0, 0.05) is 27.8 Å². The van der Waals surface area contributed by atoms with E-state index in [2.05, 4.69) is 220 Å². The summed E-state index contributed by atoms with van der Waals surface area (Å²) in [4.78, 5) is 2.46. The van der Waals surface area contributed by atoms with Gasteiger partial charge in [0.2, 0.25) is 0 Å². The van der Waals surface area contributed by atoms with Crippen LogP contribution in [-0.2, 0) is 10.8 Å². The number of fused-ring (bicyclic) bond motifs is 6. The molecule has 2 aliphatic carbocycles. The SMILES string of the molecule is CC1(C)c2ccccc2-c2ccc(N(c3ccc(-c4ccccc4)cc3)c3ccccc3-c3ccc4c(c3)C(C)(c3ccccc3)c3ccccc3-4)cc21. The molecule has 1 heteroatoms. The largest absolute Gasteiger partial charge is 0.310 e. The van der Waals surface area contributed by atoms with Gasteiger partial charge in [-0.1, -0.05) is 172 Å². The third-order valence-electron chi connectivity index (χ3n) is 12.2. The van der Waals surface area contributed by atoms with E-state index >= 15 is 0 Å². The fourth-order valence-corrected chi connectivity index (χ4v) is 9.35. The Bertz CT molecular complexity index is 2690. The molecule has 0 bridgehead atoms. The van der Waals surface area contributed by atoms with Crippen molar-refractivity contribution in [3.05, 3.63) is 222 Å². The molecule has 0 saturated heterocycles. The summed E-state index contributed by atoms with van der Waals surface area (Å²) in [5.74, 6) is 0. The molecule has 0 saturated carbocycles. The Balaban J connectivity index is 1.16. The highest BCUT2D eigenvalue weighted by Gasteiger charge is 2.41. The van der Waals surface area contributed by atoms with Crippen LogP contribution in [0, 0.1) is 0 Å². The first-order valence-corrected chi connectivity index (χ1v) is 19.0. The van der Waals surface area contributed by atoms with Gasteiger partial charge in [-0.3, -0.25) is 0 Å². The van der Waals surface area contributed by atoms with Gasteiger partial charge in [0.15, 0.2) is 0 Å². The fraction of sp³-hybridized carbons (Fsp3) is 0.0943. The fourth-order valence-electron chi connectivity index (χ4n) is 9.35. The molecule has 8 aromatic rings. The van der Waals surface area contributed by atoms with Crippen molar-refractivity contribution < 1.29 is 0 Å². The van der Waals surface area contributed by atoms with Gasteiger partial charge in [0.1, 0.15) is 0 Å². The zero-order chi connectivity index (χ0) is 36.4. The smallest absolute Gasteiger partial charge is 0.0540 e. The van der Waals surface area contributed by atoms with Gasteiger partial charge in [0.05, 0.1) is 5.69 Å². The highest BCUT2D eigenvalue weighted by molar-refractivity contribution is 5.93. The number of hydrogen-bond donors (Lipinski definition) is 0. The van der Waals surface area contributed by atoms with Gasteiger partial charge in [-0.2, -0.15) is 0 Å². The Kier molecular flexibility index (Phi) is 7.35. The van der Waals surface area contributed by atoms with Gasteiger partial charge in [-0.15, -0.1) is 0 Å². The van der Waals surface area contributed by atoms with Crippen molar-refractivity contribution in [2.45, 2.75) is 31.6 Å². The summed E-state index contributed by atoms with van der Waals surface area (Å²) in [6, 6.07) is 71.7. The van der Waals surface area contributed by atoms with E-state index in [0.29, 0.717) is 0 Å². The van der Waals surface area contributed by atoms with E-state index < -0.39 is 0 Å². The lowest BCUT2D eigenvalue weighted by molar-refractivity contribution is 0.660. The van der Waals surface area contributed by atoms with Crippen LogP contribution in [0.2, 0.25) is 0 Å². The Labute approximate surface area is 318 Å². The lowest BCUT2D eigenvalue weighted by Gasteiger charge is -2.31. The molecule has 0 N–H and O–H groups in total. The Hall–Kier alpha value is -6.44. The molecule has 0 amide bonds. The lowest BCUT2D eigenvalue weighted by atomic mass is 9.74. The highest BCUT2D eigenvalue weighted by Crippen LogP contribution is 2.55. The molecule has 2 aliphatic rings. The molecule has 8 aromatic carbocycles. The van der Waals surface area contributed by atoms with Crippen LogP contribution in [0.3, 0.4) is 0 Å². The van der Waals surface area contributed by atoms with E-state index in [9.17, 15) is 0 Å². The second-order valence-corrected chi connectivity index (χ2v) is 15.5. The van der Waals surface area contributed by atoms with Crippen molar-refractivity contribution in [3.63, 3.8) is 0 Å². The van der Waals surface area contributed by atoms with Gasteiger partial charge in [-0.05, 0) is 110 Å². The van der Waals surface area contributed by atoms with Crippen molar-refractivity contribution >= 4 is 17.1 Å². The van der Waals surface area contributed by atoms with E-state index in [1.807, 2.05) is 0 Å². The summed E-state index contributed by atoms with van der Waals surface area (Å²) in [5, 5.41) is 0. The first kappa shape index (κ1) is 32.2. The number of nitrogens with zero attached hydrogens (tertiary/aromatic N) is 1. The molecule has 1 unspecified atom stereocenters. The minimum absolute atomic E-state index is 0.110. The average molecular weight is 692 g/mol. The number of rotatable bonds is 6. The van der Waals surface area contributed by atoms with Crippen molar-refractivity contribution in [1.82, 2.24) is 0 Å². The van der Waals surface area contributed by atoms with Gasteiger partial charge < -0.3 is 4.90 Å². The van der Waals surface area contributed by atoms with Crippen LogP contribution in [0.15, 0.2) is 194 Å². The zero-order valence-corrected chi connectivity index (χ0v) is 30.9. The van der Waals surface area contributed by atoms with Crippen LogP contribution in [0.25, 0.3) is 44.5 Å². The maximum absolute atomic E-state index is 2.46. The molecule has 1 nitrogen and oxygen atoms in total. The minimum atomic E-state index is -0.272. The maximum Gasteiger partial charge on any atom is 0.0540 e. The predicted octanol–water partition coefficient (Wildman–Crippen LogP) is 14.1. The summed E-state index contributed by atoms with van der Waals surface area (Å²) in [5.41, 5.74) is 19.9. The second-order valence-electron chi connectivity index (χ2n) is 15.5. The normalized spacial score (nSPS) is 15.9. The predicted molar refractivity (Wildman–Crippen MR) is 227 cm³/mol. The molecule has 1 atom stereocenters. The average Bonchev–Trinajstić information content (AvgIpc) is 3.63.